The second-order valence-electron chi connectivity index (χ2n) is 15.6. The number of halogens is 1. The summed E-state index contributed by atoms with van der Waals surface area (Å²) in [7, 11) is 0. The summed E-state index contributed by atoms with van der Waals surface area (Å²) in [4.78, 5) is 13.7. The number of esters is 1. The molecule has 1 N–H and O–H groups in total. The zero-order chi connectivity index (χ0) is 26.4. The smallest absolute Gasteiger partial charge is 0.312 e. The monoisotopic (exact) mass is 562 g/mol. The van der Waals surface area contributed by atoms with E-state index in [0.29, 0.717) is 29.7 Å². The van der Waals surface area contributed by atoms with Crippen molar-refractivity contribution in [3.63, 3.8) is 0 Å². The van der Waals surface area contributed by atoms with Crippen molar-refractivity contribution in [2.75, 3.05) is 11.9 Å². The lowest BCUT2D eigenvalue weighted by Crippen LogP contribution is -2.65. The number of alkyl halides is 1. The quantitative estimate of drug-likeness (QED) is 0.215. The van der Waals surface area contributed by atoms with E-state index in [0.717, 1.165) is 51.4 Å². The predicted octanol–water partition coefficient (Wildman–Crippen LogP) is 8.09. The Kier molecular flexibility index (Phi) is 6.48. The van der Waals surface area contributed by atoms with Crippen LogP contribution in [0.25, 0.3) is 0 Å². The summed E-state index contributed by atoms with van der Waals surface area (Å²) in [6.45, 7) is 17.7. The lowest BCUT2D eigenvalue weighted by Gasteiger charge is -2.71. The number of rotatable bonds is 3. The summed E-state index contributed by atoms with van der Waals surface area (Å²) in [5.41, 5.74) is 2.12. The fraction of sp³-hybridized carbons (Fsp3) is 0.906. The number of hydrogen-bond acceptors (Lipinski definition) is 3. The highest BCUT2D eigenvalue weighted by atomic mass is 79.9. The van der Waals surface area contributed by atoms with Gasteiger partial charge in [0.2, 0.25) is 0 Å². The van der Waals surface area contributed by atoms with Crippen LogP contribution in [-0.4, -0.2) is 29.1 Å². The average molecular weight is 564 g/mol. The van der Waals surface area contributed by atoms with Crippen LogP contribution in [0, 0.1) is 50.2 Å². The molecular formula is C32H51BrO3. The van der Waals surface area contributed by atoms with E-state index in [-0.39, 0.29) is 44.6 Å². The van der Waals surface area contributed by atoms with Crippen molar-refractivity contribution in [2.24, 2.45) is 50.2 Å². The van der Waals surface area contributed by atoms with Gasteiger partial charge in [-0.15, -0.1) is 0 Å². The van der Waals surface area contributed by atoms with Gasteiger partial charge in [0.05, 0.1) is 11.5 Å². The zero-order valence-corrected chi connectivity index (χ0v) is 25.6. The van der Waals surface area contributed by atoms with Gasteiger partial charge in [-0.2, -0.15) is 0 Å². The SMILES string of the molecule is CC1(C)CCC2(C(=O)OCCBr)CCC3(C)C(=CCC4C5(C)CCC(O)C(C)(C)C5CCC43C)C2C1. The molecule has 4 heteroatoms. The number of aliphatic hydroxyl groups excluding tert-OH is 1. The molecule has 0 saturated heterocycles. The summed E-state index contributed by atoms with van der Waals surface area (Å²) in [5, 5.41) is 11.7. The molecule has 36 heavy (non-hydrogen) atoms. The van der Waals surface area contributed by atoms with E-state index in [1.807, 2.05) is 0 Å². The van der Waals surface area contributed by atoms with E-state index in [2.05, 4.69) is 70.5 Å². The van der Waals surface area contributed by atoms with Gasteiger partial charge in [-0.05, 0) is 109 Å². The maximum atomic E-state index is 13.7. The molecule has 4 saturated carbocycles. The molecule has 8 atom stereocenters. The van der Waals surface area contributed by atoms with Gasteiger partial charge in [-0.3, -0.25) is 4.79 Å². The molecule has 0 heterocycles. The third kappa shape index (κ3) is 3.54. The normalized spacial score (nSPS) is 49.0. The van der Waals surface area contributed by atoms with E-state index in [9.17, 15) is 9.90 Å². The second-order valence-corrected chi connectivity index (χ2v) is 16.4. The first kappa shape index (κ1) is 27.2. The van der Waals surface area contributed by atoms with Crippen molar-refractivity contribution in [3.05, 3.63) is 11.6 Å². The zero-order valence-electron chi connectivity index (χ0n) is 24.0. The molecular weight excluding hydrogens is 512 g/mol. The van der Waals surface area contributed by atoms with Gasteiger partial charge < -0.3 is 9.84 Å². The summed E-state index contributed by atoms with van der Waals surface area (Å²) in [5.74, 6) is 1.57. The van der Waals surface area contributed by atoms with E-state index < -0.39 is 0 Å². The Morgan fingerprint density at radius 3 is 2.36 bits per heavy atom. The molecule has 0 aromatic heterocycles. The molecule has 0 radical (unpaired) electrons. The van der Waals surface area contributed by atoms with Crippen molar-refractivity contribution in [2.45, 2.75) is 119 Å². The van der Waals surface area contributed by atoms with Gasteiger partial charge >= 0.3 is 5.97 Å². The van der Waals surface area contributed by atoms with E-state index in [1.165, 1.54) is 12.8 Å². The Balaban J connectivity index is 1.57. The summed E-state index contributed by atoms with van der Waals surface area (Å²) in [6, 6.07) is 0. The third-order valence-electron chi connectivity index (χ3n) is 13.3. The number of ether oxygens (including phenoxy) is 1. The minimum absolute atomic E-state index is 0.0203. The molecule has 0 aromatic rings. The van der Waals surface area contributed by atoms with Crippen LogP contribution in [0.5, 0.6) is 0 Å². The van der Waals surface area contributed by atoms with Crippen LogP contribution in [-0.2, 0) is 9.53 Å². The highest BCUT2D eigenvalue weighted by Gasteiger charge is 2.69. The van der Waals surface area contributed by atoms with Crippen LogP contribution in [0.1, 0.15) is 113 Å². The van der Waals surface area contributed by atoms with Gasteiger partial charge in [0.1, 0.15) is 6.61 Å². The standard InChI is InChI=1S/C32H51BrO3/c1-27(2)14-16-32(26(35)36-19-18-33)17-15-30(6)21(22(32)20-27)8-9-24-29(5)12-11-25(34)28(3,4)23(29)10-13-31(24,30)7/h8,22-25,34H,9-20H2,1-7H3. The average Bonchev–Trinajstić information content (AvgIpc) is 2.80. The molecule has 0 amide bonds. The Morgan fingerprint density at radius 1 is 0.972 bits per heavy atom. The topological polar surface area (TPSA) is 46.5 Å². The number of allylic oxidation sites excluding steroid dienone is 2. The van der Waals surface area contributed by atoms with E-state index >= 15 is 0 Å². The van der Waals surface area contributed by atoms with Crippen molar-refractivity contribution in [1.82, 2.24) is 0 Å². The minimum atomic E-state index is -0.343. The number of carbonyl (C=O) groups is 1. The van der Waals surface area contributed by atoms with Crippen LogP contribution in [0.4, 0.5) is 0 Å². The summed E-state index contributed by atoms with van der Waals surface area (Å²) < 4.78 is 5.89. The Labute approximate surface area is 228 Å². The van der Waals surface area contributed by atoms with Crippen LogP contribution in [0.15, 0.2) is 11.6 Å². The van der Waals surface area contributed by atoms with Crippen molar-refractivity contribution in [1.29, 1.82) is 0 Å². The lowest BCUT2D eigenvalue weighted by atomic mass is 9.33. The van der Waals surface area contributed by atoms with Crippen LogP contribution in [0.3, 0.4) is 0 Å². The maximum absolute atomic E-state index is 13.7. The summed E-state index contributed by atoms with van der Waals surface area (Å²) >= 11 is 3.46. The third-order valence-corrected chi connectivity index (χ3v) is 13.7. The first-order valence-corrected chi connectivity index (χ1v) is 15.9. The largest absolute Gasteiger partial charge is 0.464 e. The Hall–Kier alpha value is -0.350. The van der Waals surface area contributed by atoms with Crippen LogP contribution >= 0.6 is 15.9 Å². The lowest BCUT2D eigenvalue weighted by molar-refractivity contribution is -0.206. The number of carbonyl (C=O) groups excluding carboxylic acids is 1. The minimum Gasteiger partial charge on any atom is -0.464 e. The molecule has 0 aliphatic heterocycles. The predicted molar refractivity (Wildman–Crippen MR) is 150 cm³/mol. The molecule has 5 aliphatic rings. The molecule has 5 rings (SSSR count). The van der Waals surface area contributed by atoms with Gasteiger partial charge in [-0.1, -0.05) is 76.0 Å². The molecule has 5 aliphatic carbocycles. The van der Waals surface area contributed by atoms with Crippen molar-refractivity contribution < 1.29 is 14.6 Å². The molecule has 204 valence electrons. The molecule has 0 spiro atoms. The highest BCUT2D eigenvalue weighted by molar-refractivity contribution is 9.09. The van der Waals surface area contributed by atoms with Gasteiger partial charge in [-0.25, -0.2) is 0 Å². The fourth-order valence-electron chi connectivity index (χ4n) is 10.9. The van der Waals surface area contributed by atoms with Crippen LogP contribution in [0.2, 0.25) is 0 Å². The molecule has 0 aromatic carbocycles. The van der Waals surface area contributed by atoms with Gasteiger partial charge in [0.15, 0.2) is 0 Å². The molecule has 3 nitrogen and oxygen atoms in total. The first-order chi connectivity index (χ1) is 16.7. The Morgan fingerprint density at radius 2 is 1.67 bits per heavy atom. The summed E-state index contributed by atoms with van der Waals surface area (Å²) in [6.07, 6.45) is 13.3. The fourth-order valence-corrected chi connectivity index (χ4v) is 11.0. The molecule has 4 fully saturated rings. The number of aliphatic hydroxyl groups is 1. The van der Waals surface area contributed by atoms with Crippen LogP contribution < -0.4 is 0 Å². The maximum Gasteiger partial charge on any atom is 0.312 e. The second kappa shape index (κ2) is 8.57. The van der Waals surface area contributed by atoms with E-state index in [4.69, 9.17) is 4.74 Å². The molecule has 0 bridgehead atoms. The number of fused-ring (bicyclic) bond motifs is 7. The van der Waals surface area contributed by atoms with Crippen molar-refractivity contribution >= 4 is 21.9 Å². The molecule has 8 unspecified atom stereocenters. The number of hydrogen-bond donors (Lipinski definition) is 1. The Bertz CT molecular complexity index is 938. The van der Waals surface area contributed by atoms with Crippen molar-refractivity contribution in [3.8, 4) is 0 Å². The van der Waals surface area contributed by atoms with Gasteiger partial charge in [0.25, 0.3) is 0 Å². The highest BCUT2D eigenvalue weighted by Crippen LogP contribution is 2.75. The first-order valence-electron chi connectivity index (χ1n) is 14.8. The van der Waals surface area contributed by atoms with E-state index in [1.54, 1.807) is 5.57 Å². The van der Waals surface area contributed by atoms with Gasteiger partial charge in [0, 0.05) is 5.33 Å².